The highest BCUT2D eigenvalue weighted by Gasteiger charge is 2.08. The molecule has 20 heavy (non-hydrogen) atoms. The molecule has 2 aromatic rings. The van der Waals surface area contributed by atoms with E-state index in [-0.39, 0.29) is 5.82 Å². The highest BCUT2D eigenvalue weighted by molar-refractivity contribution is 9.10. The van der Waals surface area contributed by atoms with Gasteiger partial charge in [0.15, 0.2) is 0 Å². The summed E-state index contributed by atoms with van der Waals surface area (Å²) >= 11 is 3.36. The van der Waals surface area contributed by atoms with Crippen molar-refractivity contribution < 1.29 is 9.13 Å². The molecule has 0 radical (unpaired) electrons. The lowest BCUT2D eigenvalue weighted by molar-refractivity contribution is 0.299. The van der Waals surface area contributed by atoms with E-state index in [1.165, 1.54) is 12.1 Å². The van der Waals surface area contributed by atoms with Crippen molar-refractivity contribution >= 4 is 15.9 Å². The number of halogens is 2. The molecule has 0 aliphatic carbocycles. The van der Waals surface area contributed by atoms with Gasteiger partial charge in [0.2, 0.25) is 0 Å². The number of hydrogen-bond acceptors (Lipinski definition) is 2. The number of aryl methyl sites for hydroxylation is 1. The van der Waals surface area contributed by atoms with Gasteiger partial charge in [-0.2, -0.15) is 0 Å². The van der Waals surface area contributed by atoms with E-state index in [1.807, 2.05) is 32.2 Å². The van der Waals surface area contributed by atoms with E-state index < -0.39 is 0 Å². The molecule has 0 spiro atoms. The van der Waals surface area contributed by atoms with Crippen LogP contribution in [0.5, 0.6) is 5.75 Å². The van der Waals surface area contributed by atoms with Crippen molar-refractivity contribution in [2.45, 2.75) is 20.1 Å². The highest BCUT2D eigenvalue weighted by Crippen LogP contribution is 2.26. The Labute approximate surface area is 127 Å². The molecule has 2 rings (SSSR count). The van der Waals surface area contributed by atoms with Crippen LogP contribution in [0.3, 0.4) is 0 Å². The molecule has 0 aliphatic heterocycles. The highest BCUT2D eigenvalue weighted by atomic mass is 79.9. The molecule has 0 saturated heterocycles. The maximum absolute atomic E-state index is 13.1. The first kappa shape index (κ1) is 15.0. The van der Waals surface area contributed by atoms with Gasteiger partial charge in [-0.15, -0.1) is 0 Å². The van der Waals surface area contributed by atoms with Gasteiger partial charge < -0.3 is 10.1 Å². The lowest BCUT2D eigenvalue weighted by Gasteiger charge is -2.14. The molecule has 0 aromatic heterocycles. The van der Waals surface area contributed by atoms with Crippen LogP contribution in [-0.4, -0.2) is 7.05 Å². The zero-order valence-electron chi connectivity index (χ0n) is 11.5. The Morgan fingerprint density at radius 3 is 2.70 bits per heavy atom. The Balaban J connectivity index is 2.18. The predicted molar refractivity (Wildman–Crippen MR) is 82.4 cm³/mol. The molecule has 4 heteroatoms. The van der Waals surface area contributed by atoms with Crippen molar-refractivity contribution in [1.29, 1.82) is 0 Å². The van der Waals surface area contributed by atoms with Crippen molar-refractivity contribution in [2.24, 2.45) is 0 Å². The van der Waals surface area contributed by atoms with Gasteiger partial charge in [0.1, 0.15) is 18.2 Å². The number of rotatable bonds is 5. The third-order valence-electron chi connectivity index (χ3n) is 3.05. The Morgan fingerprint density at radius 2 is 2.00 bits per heavy atom. The van der Waals surface area contributed by atoms with Crippen molar-refractivity contribution in [3.63, 3.8) is 0 Å². The molecular weight excluding hydrogens is 321 g/mol. The first-order valence-corrected chi connectivity index (χ1v) is 7.21. The minimum Gasteiger partial charge on any atom is -0.488 e. The van der Waals surface area contributed by atoms with Crippen LogP contribution in [0.4, 0.5) is 4.39 Å². The Bertz CT molecular complexity index is 601. The molecule has 0 saturated carbocycles. The second-order valence-electron chi connectivity index (χ2n) is 4.62. The molecule has 0 fully saturated rings. The monoisotopic (exact) mass is 337 g/mol. The van der Waals surface area contributed by atoms with Gasteiger partial charge >= 0.3 is 0 Å². The minimum absolute atomic E-state index is 0.257. The van der Waals surface area contributed by atoms with E-state index in [0.29, 0.717) is 6.61 Å². The first-order chi connectivity index (χ1) is 9.61. The van der Waals surface area contributed by atoms with Crippen LogP contribution in [0.1, 0.15) is 16.7 Å². The standard InChI is InChI=1S/C16H17BrFNO/c1-11-4-3-5-12(9-19-2)16(11)20-10-13-6-7-14(18)8-15(13)17/h3-8,19H,9-10H2,1-2H3. The van der Waals surface area contributed by atoms with Crippen LogP contribution in [0.25, 0.3) is 0 Å². The van der Waals surface area contributed by atoms with Crippen LogP contribution >= 0.6 is 15.9 Å². The van der Waals surface area contributed by atoms with Crippen molar-refractivity contribution in [1.82, 2.24) is 5.32 Å². The average molecular weight is 338 g/mol. The maximum atomic E-state index is 13.1. The summed E-state index contributed by atoms with van der Waals surface area (Å²) in [6, 6.07) is 10.7. The van der Waals surface area contributed by atoms with Crippen LogP contribution in [0.15, 0.2) is 40.9 Å². The van der Waals surface area contributed by atoms with Crippen molar-refractivity contribution in [3.05, 3.63) is 63.4 Å². The van der Waals surface area contributed by atoms with Gasteiger partial charge in [-0.05, 0) is 31.7 Å². The van der Waals surface area contributed by atoms with E-state index in [1.54, 1.807) is 6.07 Å². The normalized spacial score (nSPS) is 10.6. The maximum Gasteiger partial charge on any atom is 0.127 e. The topological polar surface area (TPSA) is 21.3 Å². The summed E-state index contributed by atoms with van der Waals surface area (Å²) in [7, 11) is 1.91. The largest absolute Gasteiger partial charge is 0.488 e. The van der Waals surface area contributed by atoms with Gasteiger partial charge in [-0.1, -0.05) is 40.2 Å². The van der Waals surface area contributed by atoms with E-state index in [0.717, 1.165) is 33.5 Å². The molecular formula is C16H17BrFNO. The molecule has 0 atom stereocenters. The fraction of sp³-hybridized carbons (Fsp3) is 0.250. The van der Waals surface area contributed by atoms with E-state index in [9.17, 15) is 4.39 Å². The summed E-state index contributed by atoms with van der Waals surface area (Å²) in [4.78, 5) is 0. The van der Waals surface area contributed by atoms with E-state index in [2.05, 4.69) is 21.2 Å². The van der Waals surface area contributed by atoms with Crippen LogP contribution in [0, 0.1) is 12.7 Å². The lowest BCUT2D eigenvalue weighted by Crippen LogP contribution is -2.08. The summed E-state index contributed by atoms with van der Waals surface area (Å²) in [5.41, 5.74) is 3.13. The molecule has 0 bridgehead atoms. The minimum atomic E-state index is -0.257. The van der Waals surface area contributed by atoms with Gasteiger partial charge in [0.25, 0.3) is 0 Å². The number of hydrogen-bond donors (Lipinski definition) is 1. The second kappa shape index (κ2) is 6.86. The zero-order chi connectivity index (χ0) is 14.5. The number of nitrogens with one attached hydrogen (secondary N) is 1. The summed E-state index contributed by atoms with van der Waals surface area (Å²) < 4.78 is 19.7. The number of para-hydroxylation sites is 1. The Kier molecular flexibility index (Phi) is 5.15. The van der Waals surface area contributed by atoms with Crippen LogP contribution in [-0.2, 0) is 13.2 Å². The molecule has 0 heterocycles. The molecule has 1 N–H and O–H groups in total. The quantitative estimate of drug-likeness (QED) is 0.882. The lowest BCUT2D eigenvalue weighted by atomic mass is 10.1. The smallest absolute Gasteiger partial charge is 0.127 e. The third-order valence-corrected chi connectivity index (χ3v) is 3.79. The van der Waals surface area contributed by atoms with Crippen molar-refractivity contribution in [2.75, 3.05) is 7.05 Å². The van der Waals surface area contributed by atoms with Crippen molar-refractivity contribution in [3.8, 4) is 5.75 Å². The Morgan fingerprint density at radius 1 is 1.20 bits per heavy atom. The second-order valence-corrected chi connectivity index (χ2v) is 5.47. The summed E-state index contributed by atoms with van der Waals surface area (Å²) in [5, 5.41) is 3.13. The van der Waals surface area contributed by atoms with E-state index in [4.69, 9.17) is 4.74 Å². The first-order valence-electron chi connectivity index (χ1n) is 6.41. The average Bonchev–Trinajstić information content (AvgIpc) is 2.40. The van der Waals surface area contributed by atoms with Crippen LogP contribution in [0.2, 0.25) is 0 Å². The van der Waals surface area contributed by atoms with Gasteiger partial charge in [0.05, 0.1) is 0 Å². The third kappa shape index (κ3) is 3.58. The van der Waals surface area contributed by atoms with Gasteiger partial charge in [0, 0.05) is 22.1 Å². The SMILES string of the molecule is CNCc1cccc(C)c1OCc1ccc(F)cc1Br. The molecule has 0 aliphatic rings. The molecule has 106 valence electrons. The predicted octanol–water partition coefficient (Wildman–Crippen LogP) is 4.20. The molecule has 2 aromatic carbocycles. The molecule has 0 amide bonds. The summed E-state index contributed by atoms with van der Waals surface area (Å²) in [6.45, 7) is 3.18. The van der Waals surface area contributed by atoms with Gasteiger partial charge in [-0.3, -0.25) is 0 Å². The Hall–Kier alpha value is -1.39. The molecule has 2 nitrogen and oxygen atoms in total. The fourth-order valence-corrected chi connectivity index (χ4v) is 2.50. The van der Waals surface area contributed by atoms with E-state index >= 15 is 0 Å². The number of benzene rings is 2. The summed E-state index contributed by atoms with van der Waals surface area (Å²) in [6.07, 6.45) is 0. The zero-order valence-corrected chi connectivity index (χ0v) is 13.1. The summed E-state index contributed by atoms with van der Waals surface area (Å²) in [5.74, 6) is 0.630. The van der Waals surface area contributed by atoms with Gasteiger partial charge in [-0.25, -0.2) is 4.39 Å². The van der Waals surface area contributed by atoms with Crippen LogP contribution < -0.4 is 10.1 Å². The number of ether oxygens (including phenoxy) is 1. The molecule has 0 unspecified atom stereocenters. The fourth-order valence-electron chi connectivity index (χ4n) is 2.04.